The first-order valence-electron chi connectivity index (χ1n) is 3.58. The van der Waals surface area contributed by atoms with Crippen molar-refractivity contribution in [2.45, 2.75) is 33.1 Å². The summed E-state index contributed by atoms with van der Waals surface area (Å²) in [6.45, 7) is 3.71. The number of carboxylic acid groups (broad SMARTS) is 1. The van der Waals surface area contributed by atoms with E-state index in [4.69, 9.17) is 5.11 Å². The summed E-state index contributed by atoms with van der Waals surface area (Å²) in [6.07, 6.45) is 4.84. The molecule has 0 aliphatic carbocycles. The van der Waals surface area contributed by atoms with Crippen LogP contribution in [0.1, 0.15) is 33.1 Å². The van der Waals surface area contributed by atoms with Gasteiger partial charge >= 0.3 is 5.97 Å². The van der Waals surface area contributed by atoms with Crippen LogP contribution in [0.3, 0.4) is 0 Å². The predicted molar refractivity (Wildman–Crippen MR) is 43.4 cm³/mol. The molecule has 0 atom stereocenters. The van der Waals surface area contributed by atoms with E-state index in [2.05, 4.69) is 6.92 Å². The second-order valence-corrected chi connectivity index (χ2v) is 2.33. The third kappa shape index (κ3) is 7.03. The number of hydrogen-bond acceptors (Lipinski definition) is 1. The van der Waals surface area contributed by atoms with Crippen molar-refractivity contribution in [3.05, 3.63) is 11.6 Å². The summed E-state index contributed by atoms with van der Waals surface area (Å²) in [7, 11) is 0. The summed E-state index contributed by atoms with van der Waals surface area (Å²) in [5.41, 5.74) is 0.452. The minimum atomic E-state index is -0.809. The lowest BCUT2D eigenvalue weighted by molar-refractivity contribution is -0.132. The zero-order valence-electron chi connectivity index (χ0n) is 6.96. The lowest BCUT2D eigenvalue weighted by Gasteiger charge is -1.91. The van der Waals surface area contributed by atoms with Crippen LogP contribution in [-0.2, 0) is 4.79 Å². The zero-order chi connectivity index (χ0) is 7.98. The van der Waals surface area contributed by atoms with Gasteiger partial charge in [0.25, 0.3) is 0 Å². The summed E-state index contributed by atoms with van der Waals surface area (Å²) in [5, 5.41) is 8.41. The molecular weight excluding hydrogens is 147 g/mol. The highest BCUT2D eigenvalue weighted by Crippen LogP contribution is 2.00. The van der Waals surface area contributed by atoms with Crippen LogP contribution in [-0.4, -0.2) is 11.1 Å². The van der Waals surface area contributed by atoms with Crippen molar-refractivity contribution in [3.63, 3.8) is 0 Å². The van der Waals surface area contributed by atoms with E-state index in [0.717, 1.165) is 19.3 Å². The Hall–Kier alpha value is -0.860. The van der Waals surface area contributed by atoms with E-state index in [9.17, 15) is 4.79 Å². The molecule has 0 aromatic heterocycles. The molecule has 0 radical (unpaired) electrons. The fourth-order valence-electron chi connectivity index (χ4n) is 0.610. The molecule has 0 aromatic carbocycles. The fraction of sp³-hybridized carbons (Fsp3) is 0.625. The molecule has 11 heavy (non-hydrogen) atoms. The minimum absolute atomic E-state index is 0. The molecule has 0 aliphatic heterocycles. The Kier molecular flexibility index (Phi) is 8.43. The maximum absolute atomic E-state index is 10.2. The second kappa shape index (κ2) is 7.25. The quantitative estimate of drug-likeness (QED) is 0.509. The van der Waals surface area contributed by atoms with Crippen LogP contribution in [0.25, 0.3) is 0 Å². The van der Waals surface area contributed by atoms with E-state index in [1.807, 2.05) is 0 Å². The summed E-state index contributed by atoms with van der Waals surface area (Å²) in [4.78, 5) is 10.2. The number of unbranched alkanes of at least 4 members (excludes halogenated alkanes) is 2. The third-order valence-corrected chi connectivity index (χ3v) is 1.35. The predicted octanol–water partition coefficient (Wildman–Crippen LogP) is 2.36. The Bertz CT molecular complexity index is 141. The number of rotatable bonds is 4. The largest absolute Gasteiger partial charge is 0.478 e. The fourth-order valence-corrected chi connectivity index (χ4v) is 0.610. The van der Waals surface area contributed by atoms with Gasteiger partial charge in [-0.2, -0.15) is 0 Å². The van der Waals surface area contributed by atoms with Gasteiger partial charge in [0.15, 0.2) is 0 Å². The molecule has 66 valence electrons. The van der Waals surface area contributed by atoms with Gasteiger partial charge in [-0.25, -0.2) is 4.79 Å². The topological polar surface area (TPSA) is 37.3 Å². The molecule has 0 unspecified atom stereocenters. The van der Waals surface area contributed by atoms with Crippen LogP contribution in [0.2, 0.25) is 0 Å². The van der Waals surface area contributed by atoms with Crippen molar-refractivity contribution in [2.75, 3.05) is 0 Å². The average molecular weight is 162 g/mol. The van der Waals surface area contributed by atoms with E-state index in [-0.39, 0.29) is 4.70 Å². The smallest absolute Gasteiger partial charge is 0.330 e. The number of hydrogen-bond donors (Lipinski definition) is 1. The molecule has 0 saturated carbocycles. The van der Waals surface area contributed by atoms with Gasteiger partial charge in [-0.05, 0) is 13.3 Å². The summed E-state index contributed by atoms with van der Waals surface area (Å²) < 4.78 is 0. The van der Waals surface area contributed by atoms with Gasteiger partial charge < -0.3 is 5.11 Å². The minimum Gasteiger partial charge on any atom is -0.478 e. The lowest BCUT2D eigenvalue weighted by atomic mass is 10.2. The standard InChI is InChI=1S/C8H14O2.FH/c1-3-4-5-6-7(2)8(9)10;/h6H,3-5H2,1-2H3,(H,9,10);1H. The molecule has 0 amide bonds. The van der Waals surface area contributed by atoms with Gasteiger partial charge in [0.1, 0.15) is 0 Å². The Morgan fingerprint density at radius 3 is 2.45 bits per heavy atom. The normalized spacial score (nSPS) is 10.5. The Morgan fingerprint density at radius 2 is 2.09 bits per heavy atom. The van der Waals surface area contributed by atoms with Gasteiger partial charge in [-0.3, -0.25) is 4.70 Å². The Labute approximate surface area is 66.3 Å². The van der Waals surface area contributed by atoms with E-state index < -0.39 is 5.97 Å². The molecule has 2 nitrogen and oxygen atoms in total. The van der Waals surface area contributed by atoms with E-state index in [0.29, 0.717) is 5.57 Å². The molecule has 0 aromatic rings. The monoisotopic (exact) mass is 162 g/mol. The van der Waals surface area contributed by atoms with Gasteiger partial charge in [0.05, 0.1) is 0 Å². The first kappa shape index (κ1) is 12.8. The molecule has 0 fully saturated rings. The van der Waals surface area contributed by atoms with Crippen molar-refractivity contribution in [2.24, 2.45) is 0 Å². The van der Waals surface area contributed by atoms with Crippen molar-refractivity contribution in [1.29, 1.82) is 0 Å². The highest BCUT2D eigenvalue weighted by molar-refractivity contribution is 5.85. The molecule has 3 heteroatoms. The maximum Gasteiger partial charge on any atom is 0.330 e. The van der Waals surface area contributed by atoms with Gasteiger partial charge in [-0.1, -0.05) is 25.8 Å². The lowest BCUT2D eigenvalue weighted by Crippen LogP contribution is -1.95. The first-order valence-corrected chi connectivity index (χ1v) is 3.58. The third-order valence-electron chi connectivity index (χ3n) is 1.35. The van der Waals surface area contributed by atoms with Crippen LogP contribution in [0, 0.1) is 0 Å². The number of aliphatic carboxylic acids is 1. The number of carboxylic acids is 1. The summed E-state index contributed by atoms with van der Waals surface area (Å²) >= 11 is 0. The van der Waals surface area contributed by atoms with Gasteiger partial charge in [-0.15, -0.1) is 0 Å². The molecule has 0 aliphatic rings. The highest BCUT2D eigenvalue weighted by atomic mass is 19.0. The van der Waals surface area contributed by atoms with E-state index >= 15 is 0 Å². The molecule has 0 bridgehead atoms. The molecule has 0 rings (SSSR count). The molecular formula is C8H15FO2. The number of allylic oxidation sites excluding steroid dienone is 1. The maximum atomic E-state index is 10.2. The average Bonchev–Trinajstić information content (AvgIpc) is 1.88. The van der Waals surface area contributed by atoms with Crippen LogP contribution >= 0.6 is 0 Å². The van der Waals surface area contributed by atoms with Crippen LogP contribution in [0.4, 0.5) is 4.70 Å². The van der Waals surface area contributed by atoms with Crippen molar-refractivity contribution < 1.29 is 14.6 Å². The Balaban J connectivity index is 0. The highest BCUT2D eigenvalue weighted by Gasteiger charge is 1.96. The van der Waals surface area contributed by atoms with Crippen molar-refractivity contribution in [1.82, 2.24) is 0 Å². The van der Waals surface area contributed by atoms with Crippen LogP contribution in [0.15, 0.2) is 11.6 Å². The SMILES string of the molecule is CCCCC=C(C)C(=O)O.F. The molecule has 1 N–H and O–H groups in total. The summed E-state index contributed by atoms with van der Waals surface area (Å²) in [5.74, 6) is -0.809. The van der Waals surface area contributed by atoms with Gasteiger partial charge in [0, 0.05) is 5.57 Å². The van der Waals surface area contributed by atoms with Crippen molar-refractivity contribution >= 4 is 5.97 Å². The summed E-state index contributed by atoms with van der Waals surface area (Å²) in [6, 6.07) is 0. The van der Waals surface area contributed by atoms with Crippen LogP contribution < -0.4 is 0 Å². The Morgan fingerprint density at radius 1 is 1.55 bits per heavy atom. The van der Waals surface area contributed by atoms with Gasteiger partial charge in [0.2, 0.25) is 0 Å². The second-order valence-electron chi connectivity index (χ2n) is 2.33. The first-order chi connectivity index (χ1) is 4.68. The van der Waals surface area contributed by atoms with Crippen LogP contribution in [0.5, 0.6) is 0 Å². The van der Waals surface area contributed by atoms with E-state index in [1.165, 1.54) is 0 Å². The molecule has 0 spiro atoms. The number of carbonyl (C=O) groups is 1. The molecule has 0 heterocycles. The number of halogens is 1. The van der Waals surface area contributed by atoms with Crippen molar-refractivity contribution in [3.8, 4) is 0 Å². The molecule has 0 saturated heterocycles. The zero-order valence-corrected chi connectivity index (χ0v) is 6.96. The van der Waals surface area contributed by atoms with E-state index in [1.54, 1.807) is 13.0 Å².